The van der Waals surface area contributed by atoms with E-state index in [1.165, 1.54) is 0 Å². The average Bonchev–Trinajstić information content (AvgIpc) is 3.25. The van der Waals surface area contributed by atoms with Gasteiger partial charge in [0.05, 0.1) is 6.04 Å². The van der Waals surface area contributed by atoms with Crippen LogP contribution in [0.3, 0.4) is 0 Å². The first-order valence-corrected chi connectivity index (χ1v) is 9.44. The van der Waals surface area contributed by atoms with Gasteiger partial charge in [-0.15, -0.1) is 0 Å². The van der Waals surface area contributed by atoms with E-state index in [0.717, 1.165) is 29.3 Å². The largest absolute Gasteiger partial charge is 0.480 e. The molecule has 6 heteroatoms. The molecule has 2 aromatic rings. The zero-order valence-electron chi connectivity index (χ0n) is 15.0. The number of H-pyrrole nitrogens is 1. The molecule has 2 N–H and O–H groups in total. The van der Waals surface area contributed by atoms with Crippen LogP contribution < -0.4 is 0 Å². The summed E-state index contributed by atoms with van der Waals surface area (Å²) < 4.78 is 0. The highest BCUT2D eigenvalue weighted by atomic mass is 16.4. The third kappa shape index (κ3) is 2.98. The number of carbonyl (C=O) groups excluding carboxylic acids is 1. The molecule has 6 nitrogen and oxygen atoms in total. The number of likely N-dealkylation sites (tertiary alicyclic amines) is 1. The van der Waals surface area contributed by atoms with E-state index in [4.69, 9.17) is 0 Å². The van der Waals surface area contributed by atoms with E-state index < -0.39 is 12.0 Å². The van der Waals surface area contributed by atoms with Crippen molar-refractivity contribution in [1.29, 1.82) is 0 Å². The topological polar surface area (TPSA) is 76.6 Å². The molecule has 2 aliphatic rings. The van der Waals surface area contributed by atoms with Gasteiger partial charge >= 0.3 is 5.97 Å². The summed E-state index contributed by atoms with van der Waals surface area (Å²) in [6, 6.07) is 7.53. The van der Waals surface area contributed by atoms with Crippen LogP contribution in [0.15, 0.2) is 30.5 Å². The fourth-order valence-electron chi connectivity index (χ4n) is 4.24. The minimum Gasteiger partial charge on any atom is -0.480 e. The van der Waals surface area contributed by atoms with Gasteiger partial charge in [0, 0.05) is 36.2 Å². The molecule has 1 saturated heterocycles. The predicted molar refractivity (Wildman–Crippen MR) is 98.7 cm³/mol. The molecule has 0 radical (unpaired) electrons. The summed E-state index contributed by atoms with van der Waals surface area (Å²) in [4.78, 5) is 31.9. The lowest BCUT2D eigenvalue weighted by atomic mass is 10.1. The van der Waals surface area contributed by atoms with Crippen LogP contribution in [0.25, 0.3) is 10.9 Å². The van der Waals surface area contributed by atoms with E-state index in [-0.39, 0.29) is 18.0 Å². The Morgan fingerprint density at radius 1 is 1.19 bits per heavy atom. The zero-order valence-corrected chi connectivity index (χ0v) is 15.0. The van der Waals surface area contributed by atoms with E-state index in [1.54, 1.807) is 0 Å². The van der Waals surface area contributed by atoms with E-state index in [9.17, 15) is 14.7 Å². The van der Waals surface area contributed by atoms with Crippen LogP contribution in [0.2, 0.25) is 0 Å². The van der Waals surface area contributed by atoms with Crippen LogP contribution in [0, 0.1) is 0 Å². The van der Waals surface area contributed by atoms with Gasteiger partial charge in [0.2, 0.25) is 5.91 Å². The van der Waals surface area contributed by atoms with Crippen LogP contribution in [-0.4, -0.2) is 56.4 Å². The van der Waals surface area contributed by atoms with Gasteiger partial charge < -0.3 is 15.0 Å². The van der Waals surface area contributed by atoms with E-state index in [2.05, 4.69) is 11.1 Å². The Bertz CT molecular complexity index is 827. The maximum atomic E-state index is 13.2. The molecular weight excluding hydrogens is 330 g/mol. The van der Waals surface area contributed by atoms with Gasteiger partial charge in [-0.2, -0.15) is 0 Å². The Balaban J connectivity index is 1.54. The first-order chi connectivity index (χ1) is 12.6. The molecule has 1 amide bonds. The Labute approximate surface area is 152 Å². The summed E-state index contributed by atoms with van der Waals surface area (Å²) in [6.07, 6.45) is 5.17. The highest BCUT2D eigenvalue weighted by Crippen LogP contribution is 2.38. The summed E-state index contributed by atoms with van der Waals surface area (Å²) >= 11 is 0. The molecule has 4 rings (SSSR count). The lowest BCUT2D eigenvalue weighted by Crippen LogP contribution is -2.50. The number of aromatic nitrogens is 1. The number of carboxylic acid groups (broad SMARTS) is 1. The van der Waals surface area contributed by atoms with Crippen molar-refractivity contribution in [2.45, 2.75) is 57.3 Å². The van der Waals surface area contributed by atoms with E-state index in [1.807, 2.05) is 41.1 Å². The number of carbonyl (C=O) groups is 2. The van der Waals surface area contributed by atoms with Gasteiger partial charge in [0.1, 0.15) is 6.04 Å². The van der Waals surface area contributed by atoms with Gasteiger partial charge in [-0.1, -0.05) is 18.2 Å². The molecular formula is C20H25N3O3. The van der Waals surface area contributed by atoms with Crippen LogP contribution in [0.4, 0.5) is 0 Å². The molecule has 26 heavy (non-hydrogen) atoms. The molecule has 1 saturated carbocycles. The summed E-state index contributed by atoms with van der Waals surface area (Å²) in [5.74, 6) is -0.736. The quantitative estimate of drug-likeness (QED) is 0.835. The zero-order chi connectivity index (χ0) is 18.3. The first kappa shape index (κ1) is 17.1. The second-order valence-corrected chi connectivity index (χ2v) is 7.34. The number of aromatic amines is 1. The standard InChI is InChI=1S/C20H25N3O3/c1-2-22(12-13-11-21-16-6-4-3-5-15(13)16)19(24)17-9-10-18(20(25)26)23(17)14-7-8-14/h3-6,11,14,17-18,21H,2,7-10,12H2,1H3,(H,25,26). The number of fused-ring (bicyclic) bond motifs is 1. The maximum absolute atomic E-state index is 13.2. The van der Waals surface area contributed by atoms with Crippen molar-refractivity contribution in [3.8, 4) is 0 Å². The number of rotatable bonds is 6. The number of likely N-dealkylation sites (N-methyl/N-ethyl adjacent to an activating group) is 1. The fraction of sp³-hybridized carbons (Fsp3) is 0.500. The second kappa shape index (κ2) is 6.76. The van der Waals surface area contributed by atoms with Crippen LogP contribution in [-0.2, 0) is 16.1 Å². The first-order valence-electron chi connectivity index (χ1n) is 9.44. The SMILES string of the molecule is CCN(Cc1c[nH]c2ccccc12)C(=O)C1CCC(C(=O)O)N1C1CC1. The minimum absolute atomic E-state index is 0.0634. The van der Waals surface area contributed by atoms with Crippen molar-refractivity contribution in [2.75, 3.05) is 6.54 Å². The van der Waals surface area contributed by atoms with E-state index >= 15 is 0 Å². The number of aliphatic carboxylic acids is 1. The molecule has 2 atom stereocenters. The van der Waals surface area contributed by atoms with Crippen LogP contribution >= 0.6 is 0 Å². The number of hydrogen-bond donors (Lipinski definition) is 2. The van der Waals surface area contributed by atoms with E-state index in [0.29, 0.717) is 25.9 Å². The summed E-state index contributed by atoms with van der Waals surface area (Å²) in [5, 5.41) is 10.6. The van der Waals surface area contributed by atoms with Crippen LogP contribution in [0.5, 0.6) is 0 Å². The molecule has 1 aromatic carbocycles. The molecule has 1 aromatic heterocycles. The highest BCUT2D eigenvalue weighted by molar-refractivity contribution is 5.86. The molecule has 1 aliphatic heterocycles. The van der Waals surface area contributed by atoms with Crippen molar-refractivity contribution >= 4 is 22.8 Å². The molecule has 1 aliphatic carbocycles. The molecule has 0 bridgehead atoms. The van der Waals surface area contributed by atoms with Gasteiger partial charge in [-0.05, 0) is 44.2 Å². The number of amides is 1. The number of para-hydroxylation sites is 1. The fourth-order valence-corrected chi connectivity index (χ4v) is 4.24. The number of nitrogens with zero attached hydrogens (tertiary/aromatic N) is 2. The van der Waals surface area contributed by atoms with Crippen LogP contribution in [0.1, 0.15) is 38.2 Å². The lowest BCUT2D eigenvalue weighted by Gasteiger charge is -2.31. The normalized spacial score (nSPS) is 23.4. The predicted octanol–water partition coefficient (Wildman–Crippen LogP) is 2.60. The van der Waals surface area contributed by atoms with Gasteiger partial charge in [0.15, 0.2) is 0 Å². The Morgan fingerprint density at radius 3 is 2.62 bits per heavy atom. The summed E-state index contributed by atoms with van der Waals surface area (Å²) in [7, 11) is 0. The maximum Gasteiger partial charge on any atom is 0.320 e. The lowest BCUT2D eigenvalue weighted by molar-refractivity contribution is -0.145. The highest BCUT2D eigenvalue weighted by Gasteiger charge is 2.48. The number of hydrogen-bond acceptors (Lipinski definition) is 3. The average molecular weight is 355 g/mol. The number of benzene rings is 1. The van der Waals surface area contributed by atoms with Crippen molar-refractivity contribution in [1.82, 2.24) is 14.8 Å². The molecule has 138 valence electrons. The van der Waals surface area contributed by atoms with Crippen molar-refractivity contribution in [3.05, 3.63) is 36.0 Å². The molecule has 2 fully saturated rings. The van der Waals surface area contributed by atoms with Gasteiger partial charge in [-0.3, -0.25) is 14.5 Å². The Hall–Kier alpha value is -2.34. The Morgan fingerprint density at radius 2 is 1.92 bits per heavy atom. The molecule has 2 heterocycles. The van der Waals surface area contributed by atoms with Crippen molar-refractivity contribution in [3.63, 3.8) is 0 Å². The summed E-state index contributed by atoms with van der Waals surface area (Å²) in [6.45, 7) is 3.15. The molecule has 0 spiro atoms. The van der Waals surface area contributed by atoms with Gasteiger partial charge in [0.25, 0.3) is 0 Å². The summed E-state index contributed by atoms with van der Waals surface area (Å²) in [5.41, 5.74) is 2.17. The number of nitrogens with one attached hydrogen (secondary N) is 1. The minimum atomic E-state index is -0.799. The van der Waals surface area contributed by atoms with Crippen molar-refractivity contribution < 1.29 is 14.7 Å². The monoisotopic (exact) mass is 355 g/mol. The van der Waals surface area contributed by atoms with Crippen molar-refractivity contribution in [2.24, 2.45) is 0 Å². The van der Waals surface area contributed by atoms with Gasteiger partial charge in [-0.25, -0.2) is 0 Å². The third-order valence-electron chi connectivity index (χ3n) is 5.70. The second-order valence-electron chi connectivity index (χ2n) is 7.34. The smallest absolute Gasteiger partial charge is 0.320 e. The Kier molecular flexibility index (Phi) is 4.44. The number of carboxylic acids is 1. The third-order valence-corrected chi connectivity index (χ3v) is 5.70. The molecule has 2 unspecified atom stereocenters.